The highest BCUT2D eigenvalue weighted by atomic mass is 16.7. The Bertz CT molecular complexity index is 678. The minimum Gasteiger partial charge on any atom is -0.466 e. The molecular weight excluding hydrogens is 284 g/mol. The van der Waals surface area contributed by atoms with Crippen molar-refractivity contribution in [1.82, 2.24) is 0 Å². The number of hydrogen-bond acceptors (Lipinski definition) is 5. The van der Waals surface area contributed by atoms with Crippen molar-refractivity contribution in [3.05, 3.63) is 42.0 Å². The van der Waals surface area contributed by atoms with E-state index < -0.39 is 6.16 Å². The lowest BCUT2D eigenvalue weighted by molar-refractivity contribution is -0.142. The first-order valence-electron chi connectivity index (χ1n) is 7.16. The molecule has 0 atom stereocenters. The zero-order valence-electron chi connectivity index (χ0n) is 12.6. The SMILES string of the molecule is CCOC(=O)Cc1c(OC(=O)OCC)ccc2ccccc12. The molecule has 5 heteroatoms. The summed E-state index contributed by atoms with van der Waals surface area (Å²) in [6.45, 7) is 3.97. The van der Waals surface area contributed by atoms with Gasteiger partial charge in [-0.1, -0.05) is 30.3 Å². The monoisotopic (exact) mass is 302 g/mol. The Balaban J connectivity index is 2.41. The van der Waals surface area contributed by atoms with Crippen molar-refractivity contribution in [3.63, 3.8) is 0 Å². The molecule has 0 N–H and O–H groups in total. The topological polar surface area (TPSA) is 61.8 Å². The number of ether oxygens (including phenoxy) is 3. The van der Waals surface area contributed by atoms with E-state index in [1.165, 1.54) is 0 Å². The summed E-state index contributed by atoms with van der Waals surface area (Å²) in [5.74, 6) is -0.0576. The second-order valence-corrected chi connectivity index (χ2v) is 4.53. The van der Waals surface area contributed by atoms with Crippen LogP contribution in [-0.2, 0) is 20.7 Å². The Morgan fingerprint density at radius 3 is 2.41 bits per heavy atom. The molecular formula is C17H18O5. The third-order valence-corrected chi connectivity index (χ3v) is 3.08. The van der Waals surface area contributed by atoms with Gasteiger partial charge in [-0.3, -0.25) is 4.79 Å². The fourth-order valence-electron chi connectivity index (χ4n) is 2.19. The quantitative estimate of drug-likeness (QED) is 0.625. The van der Waals surface area contributed by atoms with E-state index >= 15 is 0 Å². The van der Waals surface area contributed by atoms with Crippen molar-refractivity contribution in [2.24, 2.45) is 0 Å². The van der Waals surface area contributed by atoms with Crippen molar-refractivity contribution < 1.29 is 23.8 Å². The van der Waals surface area contributed by atoms with Crippen molar-refractivity contribution in [2.45, 2.75) is 20.3 Å². The van der Waals surface area contributed by atoms with Crippen molar-refractivity contribution in [3.8, 4) is 5.75 Å². The third-order valence-electron chi connectivity index (χ3n) is 3.08. The van der Waals surface area contributed by atoms with Gasteiger partial charge in [-0.2, -0.15) is 0 Å². The van der Waals surface area contributed by atoms with Gasteiger partial charge < -0.3 is 14.2 Å². The minimum absolute atomic E-state index is 0.0317. The molecule has 0 aromatic heterocycles. The van der Waals surface area contributed by atoms with E-state index in [-0.39, 0.29) is 19.0 Å². The molecule has 0 unspecified atom stereocenters. The van der Waals surface area contributed by atoms with Crippen LogP contribution in [-0.4, -0.2) is 25.3 Å². The molecule has 22 heavy (non-hydrogen) atoms. The first kappa shape index (κ1) is 15.8. The van der Waals surface area contributed by atoms with E-state index in [1.807, 2.05) is 30.3 Å². The Labute approximate surface area is 128 Å². The molecule has 0 saturated heterocycles. The predicted octanol–water partition coefficient (Wildman–Crippen LogP) is 3.48. The number of esters is 1. The van der Waals surface area contributed by atoms with Gasteiger partial charge in [-0.05, 0) is 30.7 Å². The molecule has 5 nitrogen and oxygen atoms in total. The van der Waals surface area contributed by atoms with Crippen LogP contribution in [0.3, 0.4) is 0 Å². The van der Waals surface area contributed by atoms with Crippen LogP contribution >= 0.6 is 0 Å². The van der Waals surface area contributed by atoms with Gasteiger partial charge in [-0.15, -0.1) is 0 Å². The second kappa shape index (κ2) is 7.45. The number of carbonyl (C=O) groups excluding carboxylic acids is 2. The van der Waals surface area contributed by atoms with E-state index in [0.717, 1.165) is 10.8 Å². The molecule has 0 fully saturated rings. The van der Waals surface area contributed by atoms with Crippen LogP contribution in [0.15, 0.2) is 36.4 Å². The number of benzene rings is 2. The van der Waals surface area contributed by atoms with Gasteiger partial charge in [0.05, 0.1) is 19.6 Å². The van der Waals surface area contributed by atoms with Crippen molar-refractivity contribution in [1.29, 1.82) is 0 Å². The highest BCUT2D eigenvalue weighted by Crippen LogP contribution is 2.29. The molecule has 0 aliphatic heterocycles. The molecule has 0 bridgehead atoms. The lowest BCUT2D eigenvalue weighted by atomic mass is 10.0. The fourth-order valence-corrected chi connectivity index (χ4v) is 2.19. The number of carbonyl (C=O) groups is 2. The normalized spacial score (nSPS) is 10.3. The lowest BCUT2D eigenvalue weighted by Crippen LogP contribution is -2.14. The summed E-state index contributed by atoms with van der Waals surface area (Å²) in [4.78, 5) is 23.4. The Morgan fingerprint density at radius 1 is 0.955 bits per heavy atom. The van der Waals surface area contributed by atoms with Gasteiger partial charge in [0.25, 0.3) is 0 Å². The molecule has 0 aliphatic rings. The van der Waals surface area contributed by atoms with E-state index in [9.17, 15) is 9.59 Å². The van der Waals surface area contributed by atoms with E-state index in [4.69, 9.17) is 14.2 Å². The average molecular weight is 302 g/mol. The Morgan fingerprint density at radius 2 is 1.68 bits per heavy atom. The smallest absolute Gasteiger partial charge is 0.466 e. The summed E-state index contributed by atoms with van der Waals surface area (Å²) in [6, 6.07) is 11.1. The zero-order chi connectivity index (χ0) is 15.9. The van der Waals surface area contributed by atoms with Crippen LogP contribution < -0.4 is 4.74 Å². The van der Waals surface area contributed by atoms with Crippen LogP contribution in [0.1, 0.15) is 19.4 Å². The molecule has 0 heterocycles. The highest BCUT2D eigenvalue weighted by Gasteiger charge is 2.16. The maximum atomic E-state index is 11.8. The summed E-state index contributed by atoms with van der Waals surface area (Å²) in [5, 5.41) is 1.80. The molecule has 2 rings (SSSR count). The molecule has 0 radical (unpaired) electrons. The third kappa shape index (κ3) is 3.75. The van der Waals surface area contributed by atoms with E-state index in [2.05, 4.69) is 0 Å². The van der Waals surface area contributed by atoms with Crippen LogP contribution in [0.5, 0.6) is 5.75 Å². The highest BCUT2D eigenvalue weighted by molar-refractivity contribution is 5.91. The molecule has 0 aliphatic carbocycles. The van der Waals surface area contributed by atoms with Crippen LogP contribution in [0.25, 0.3) is 10.8 Å². The molecule has 2 aromatic carbocycles. The van der Waals surface area contributed by atoms with Gasteiger partial charge in [0.1, 0.15) is 5.75 Å². The molecule has 116 valence electrons. The van der Waals surface area contributed by atoms with E-state index in [1.54, 1.807) is 19.9 Å². The molecule has 0 saturated carbocycles. The first-order chi connectivity index (χ1) is 10.7. The zero-order valence-corrected chi connectivity index (χ0v) is 12.6. The summed E-state index contributed by atoms with van der Waals surface area (Å²) >= 11 is 0. The van der Waals surface area contributed by atoms with Gasteiger partial charge >= 0.3 is 12.1 Å². The van der Waals surface area contributed by atoms with Crippen molar-refractivity contribution in [2.75, 3.05) is 13.2 Å². The average Bonchev–Trinajstić information content (AvgIpc) is 2.50. The first-order valence-corrected chi connectivity index (χ1v) is 7.16. The van der Waals surface area contributed by atoms with Gasteiger partial charge in [-0.25, -0.2) is 4.79 Å². The maximum Gasteiger partial charge on any atom is 0.513 e. The number of rotatable bonds is 5. The maximum absolute atomic E-state index is 11.8. The van der Waals surface area contributed by atoms with Gasteiger partial charge in [0.2, 0.25) is 0 Å². The largest absolute Gasteiger partial charge is 0.513 e. The summed E-state index contributed by atoms with van der Waals surface area (Å²) in [5.41, 5.74) is 0.615. The Kier molecular flexibility index (Phi) is 5.36. The number of fused-ring (bicyclic) bond motifs is 1. The van der Waals surface area contributed by atoms with Gasteiger partial charge in [0.15, 0.2) is 0 Å². The second-order valence-electron chi connectivity index (χ2n) is 4.53. The standard InChI is InChI=1S/C17H18O5/c1-3-20-16(18)11-14-13-8-6-5-7-12(13)9-10-15(14)22-17(19)21-4-2/h5-10H,3-4,11H2,1-2H3. The fraction of sp³-hybridized carbons (Fsp3) is 0.294. The molecule has 0 spiro atoms. The summed E-state index contributed by atoms with van der Waals surface area (Å²) in [7, 11) is 0. The number of hydrogen-bond donors (Lipinski definition) is 0. The molecule has 0 amide bonds. The van der Waals surface area contributed by atoms with Crippen LogP contribution in [0, 0.1) is 0 Å². The summed E-state index contributed by atoms with van der Waals surface area (Å²) < 4.78 is 15.0. The van der Waals surface area contributed by atoms with Crippen LogP contribution in [0.2, 0.25) is 0 Å². The van der Waals surface area contributed by atoms with Crippen molar-refractivity contribution >= 4 is 22.9 Å². The Hall–Kier alpha value is -2.56. The lowest BCUT2D eigenvalue weighted by Gasteiger charge is -2.12. The van der Waals surface area contributed by atoms with E-state index in [0.29, 0.717) is 17.9 Å². The predicted molar refractivity (Wildman–Crippen MR) is 81.9 cm³/mol. The van der Waals surface area contributed by atoms with Crippen LogP contribution in [0.4, 0.5) is 4.79 Å². The minimum atomic E-state index is -0.789. The molecule has 2 aromatic rings. The van der Waals surface area contributed by atoms with Gasteiger partial charge in [0, 0.05) is 5.56 Å². The summed E-state index contributed by atoms with van der Waals surface area (Å²) in [6.07, 6.45) is -0.757.